The van der Waals surface area contributed by atoms with Crippen molar-refractivity contribution in [1.29, 1.82) is 0 Å². The minimum absolute atomic E-state index is 0.128. The number of nitrogens with zero attached hydrogens (tertiary/aromatic N) is 4. The molecule has 1 aromatic heterocycles. The number of fused-ring (bicyclic) bond motifs is 5. The van der Waals surface area contributed by atoms with Crippen LogP contribution in [0.2, 0.25) is 0 Å². The van der Waals surface area contributed by atoms with Gasteiger partial charge >= 0.3 is 0 Å². The fourth-order valence-corrected chi connectivity index (χ4v) is 11.5. The molecule has 5 aromatic rings. The third kappa shape index (κ3) is 4.75. The van der Waals surface area contributed by atoms with Gasteiger partial charge in [-0.25, -0.2) is 15.0 Å². The first-order valence-electron chi connectivity index (χ1n) is 19.0. The predicted octanol–water partition coefficient (Wildman–Crippen LogP) is 7.30. The molecule has 0 radical (unpaired) electrons. The first-order chi connectivity index (χ1) is 24.8. The number of hydrogen-bond acceptors (Lipinski definition) is 6. The van der Waals surface area contributed by atoms with Gasteiger partial charge in [0.05, 0.1) is 6.17 Å². The standard InChI is InChI=1S/C44H46N6/c1-5-14-29(15-6-1)40-47-41(30-16-7-2-8-17-30)49-42(48-40)31-26-34-35-28-45-25-23-38(35)50-39(34)37(27-31)44(32-18-9-3-10-19-32,33-20-11-4-12-21-33)36-22-13-24-46-43(36)50/h1-12,14-21,31,34-39,43,45-46H,13,22-28H2. The molecule has 0 amide bonds. The Morgan fingerprint density at radius 1 is 0.600 bits per heavy atom. The number of aromatic nitrogens is 3. The lowest BCUT2D eigenvalue weighted by Crippen LogP contribution is -2.72. The van der Waals surface area contributed by atoms with Crippen molar-refractivity contribution in [2.24, 2.45) is 23.7 Å². The van der Waals surface area contributed by atoms with Gasteiger partial charge in [0.15, 0.2) is 11.6 Å². The lowest BCUT2D eigenvalue weighted by atomic mass is 9.48. The highest BCUT2D eigenvalue weighted by molar-refractivity contribution is 5.61. The molecule has 1 aliphatic carbocycles. The minimum atomic E-state index is -0.128. The van der Waals surface area contributed by atoms with Crippen LogP contribution in [0.25, 0.3) is 22.8 Å². The van der Waals surface area contributed by atoms with Gasteiger partial charge in [-0.3, -0.25) is 4.90 Å². The van der Waals surface area contributed by atoms with E-state index in [0.717, 1.165) is 61.1 Å². The Morgan fingerprint density at radius 2 is 1.20 bits per heavy atom. The molecule has 10 rings (SSSR count). The van der Waals surface area contributed by atoms with Crippen LogP contribution in [0.15, 0.2) is 121 Å². The van der Waals surface area contributed by atoms with Crippen LogP contribution in [-0.4, -0.2) is 57.7 Å². The van der Waals surface area contributed by atoms with Crippen LogP contribution < -0.4 is 10.6 Å². The molecule has 0 spiro atoms. The quantitative estimate of drug-likeness (QED) is 0.207. The largest absolute Gasteiger partial charge is 0.316 e. The molecule has 252 valence electrons. The van der Waals surface area contributed by atoms with E-state index in [2.05, 4.69) is 137 Å². The maximum Gasteiger partial charge on any atom is 0.163 e. The molecular formula is C44H46N6. The second-order valence-corrected chi connectivity index (χ2v) is 15.4. The second-order valence-electron chi connectivity index (χ2n) is 15.4. The van der Waals surface area contributed by atoms with E-state index in [-0.39, 0.29) is 11.3 Å². The van der Waals surface area contributed by atoms with Gasteiger partial charge in [0.25, 0.3) is 0 Å². The maximum absolute atomic E-state index is 5.39. The molecule has 6 heteroatoms. The van der Waals surface area contributed by atoms with Crippen LogP contribution in [0.3, 0.4) is 0 Å². The third-order valence-electron chi connectivity index (χ3n) is 13.2. The summed E-state index contributed by atoms with van der Waals surface area (Å²) in [5.74, 6) is 4.82. The molecule has 5 fully saturated rings. The third-order valence-corrected chi connectivity index (χ3v) is 13.2. The Hall–Kier alpha value is -4.23. The van der Waals surface area contributed by atoms with Gasteiger partial charge in [0, 0.05) is 40.5 Å². The summed E-state index contributed by atoms with van der Waals surface area (Å²) in [5, 5.41) is 8.03. The van der Waals surface area contributed by atoms with E-state index in [1.807, 2.05) is 0 Å². The van der Waals surface area contributed by atoms with Crippen molar-refractivity contribution in [2.75, 3.05) is 19.6 Å². The van der Waals surface area contributed by atoms with Gasteiger partial charge in [0.2, 0.25) is 0 Å². The Morgan fingerprint density at radius 3 is 1.82 bits per heavy atom. The lowest BCUT2D eigenvalue weighted by molar-refractivity contribution is -0.0993. The van der Waals surface area contributed by atoms with Crippen LogP contribution >= 0.6 is 0 Å². The van der Waals surface area contributed by atoms with E-state index >= 15 is 0 Å². The van der Waals surface area contributed by atoms with Gasteiger partial charge in [-0.15, -0.1) is 0 Å². The van der Waals surface area contributed by atoms with E-state index in [0.29, 0.717) is 41.9 Å². The van der Waals surface area contributed by atoms with Crippen molar-refractivity contribution in [2.45, 2.75) is 61.7 Å². The van der Waals surface area contributed by atoms with Gasteiger partial charge in [0.1, 0.15) is 5.82 Å². The van der Waals surface area contributed by atoms with Crippen LogP contribution in [0.4, 0.5) is 0 Å². The van der Waals surface area contributed by atoms with Gasteiger partial charge in [-0.1, -0.05) is 121 Å². The average Bonchev–Trinajstić information content (AvgIpc) is 3.54. The van der Waals surface area contributed by atoms with Gasteiger partial charge < -0.3 is 10.6 Å². The normalized spacial score (nSPS) is 31.3. The van der Waals surface area contributed by atoms with E-state index in [4.69, 9.17) is 15.0 Å². The van der Waals surface area contributed by atoms with Crippen LogP contribution in [0, 0.1) is 23.7 Å². The first-order valence-corrected chi connectivity index (χ1v) is 19.0. The highest BCUT2D eigenvalue weighted by Gasteiger charge is 2.68. The van der Waals surface area contributed by atoms with Crippen molar-refractivity contribution >= 4 is 0 Å². The topological polar surface area (TPSA) is 66.0 Å². The molecular weight excluding hydrogens is 613 g/mol. The zero-order valence-electron chi connectivity index (χ0n) is 28.6. The zero-order valence-corrected chi connectivity index (χ0v) is 28.6. The van der Waals surface area contributed by atoms with Crippen molar-refractivity contribution in [3.8, 4) is 22.8 Å². The number of piperidine rings is 3. The maximum atomic E-state index is 5.39. The molecule has 0 bridgehead atoms. The summed E-state index contributed by atoms with van der Waals surface area (Å²) in [7, 11) is 0. The smallest absolute Gasteiger partial charge is 0.163 e. The van der Waals surface area contributed by atoms with E-state index < -0.39 is 0 Å². The fraction of sp³-hybridized carbons (Fsp3) is 0.386. The van der Waals surface area contributed by atoms with Crippen molar-refractivity contribution < 1.29 is 0 Å². The molecule has 4 aliphatic heterocycles. The number of benzene rings is 4. The fourth-order valence-electron chi connectivity index (χ4n) is 11.5. The molecule has 5 aliphatic rings. The van der Waals surface area contributed by atoms with Crippen molar-refractivity contribution in [1.82, 2.24) is 30.5 Å². The molecule has 8 unspecified atom stereocenters. The Bertz CT molecular complexity index is 1840. The summed E-state index contributed by atoms with van der Waals surface area (Å²) >= 11 is 0. The monoisotopic (exact) mass is 658 g/mol. The summed E-state index contributed by atoms with van der Waals surface area (Å²) in [6.45, 7) is 3.32. The van der Waals surface area contributed by atoms with Gasteiger partial charge in [-0.2, -0.15) is 0 Å². The van der Waals surface area contributed by atoms with Crippen molar-refractivity contribution in [3.63, 3.8) is 0 Å². The molecule has 1 saturated carbocycles. The number of rotatable bonds is 5. The summed E-state index contributed by atoms with van der Waals surface area (Å²) in [5.41, 5.74) is 4.92. The zero-order chi connectivity index (χ0) is 33.1. The second kappa shape index (κ2) is 12.5. The van der Waals surface area contributed by atoms with Crippen LogP contribution in [0.1, 0.15) is 55.0 Å². The van der Waals surface area contributed by atoms with Crippen molar-refractivity contribution in [3.05, 3.63) is 138 Å². The van der Waals surface area contributed by atoms with E-state index in [1.165, 1.54) is 30.4 Å². The minimum Gasteiger partial charge on any atom is -0.316 e. The molecule has 2 N–H and O–H groups in total. The molecule has 8 atom stereocenters. The average molecular weight is 659 g/mol. The number of hydrogen-bond donors (Lipinski definition) is 2. The number of nitrogens with one attached hydrogen (secondary N) is 2. The Balaban J connectivity index is 1.19. The van der Waals surface area contributed by atoms with E-state index in [9.17, 15) is 0 Å². The summed E-state index contributed by atoms with van der Waals surface area (Å²) in [4.78, 5) is 18.9. The van der Waals surface area contributed by atoms with Crippen LogP contribution in [-0.2, 0) is 5.41 Å². The summed E-state index contributed by atoms with van der Waals surface area (Å²) in [6, 6.07) is 45.4. The highest BCUT2D eigenvalue weighted by atomic mass is 15.4. The lowest BCUT2D eigenvalue weighted by Gasteiger charge is -2.64. The highest BCUT2D eigenvalue weighted by Crippen LogP contribution is 2.65. The Kier molecular flexibility index (Phi) is 7.66. The SMILES string of the molecule is c1ccc(-c2nc(-c3ccccc3)nc(C3CC4C5CNCCC5N5C6NCCCC6C(c6ccccc6)(c6ccccc6)C(C3)C45)n2)cc1. The molecule has 4 aromatic carbocycles. The molecule has 4 saturated heterocycles. The summed E-state index contributed by atoms with van der Waals surface area (Å²) < 4.78 is 0. The predicted molar refractivity (Wildman–Crippen MR) is 198 cm³/mol. The van der Waals surface area contributed by atoms with E-state index in [1.54, 1.807) is 0 Å². The molecule has 6 nitrogen and oxygen atoms in total. The van der Waals surface area contributed by atoms with Crippen LogP contribution in [0.5, 0.6) is 0 Å². The molecule has 5 heterocycles. The Labute approximate surface area is 295 Å². The first kappa shape index (κ1) is 30.6. The molecule has 50 heavy (non-hydrogen) atoms. The summed E-state index contributed by atoms with van der Waals surface area (Å²) in [6.07, 6.45) is 6.22. The van der Waals surface area contributed by atoms with Gasteiger partial charge in [-0.05, 0) is 80.6 Å².